The molecule has 1 heterocycles. The summed E-state index contributed by atoms with van der Waals surface area (Å²) >= 11 is 1.31. The molecule has 0 radical (unpaired) electrons. The highest BCUT2D eigenvalue weighted by molar-refractivity contribution is 7.14. The fourth-order valence-corrected chi connectivity index (χ4v) is 3.53. The first kappa shape index (κ1) is 17.2. The Balaban J connectivity index is 1.61. The molecule has 0 aliphatic carbocycles. The highest BCUT2D eigenvalue weighted by Crippen LogP contribution is 2.29. The minimum absolute atomic E-state index is 0.294. The standard InChI is InChI=1S/C21H15FN2O2S/c1-26-19-11-15-5-3-2-4-14(15)10-17(19)20(25)24-21-23-18(12-27-21)13-6-8-16(22)9-7-13/h2-12H,1H3,(H,23,24,25). The van der Waals surface area contributed by atoms with Gasteiger partial charge in [-0.15, -0.1) is 11.3 Å². The Kier molecular flexibility index (Phi) is 4.56. The van der Waals surface area contributed by atoms with Crippen LogP contribution in [0.25, 0.3) is 22.0 Å². The van der Waals surface area contributed by atoms with E-state index in [2.05, 4.69) is 10.3 Å². The first-order valence-electron chi connectivity index (χ1n) is 8.23. The predicted octanol–water partition coefficient (Wildman–Crippen LogP) is 5.36. The molecule has 0 unspecified atom stereocenters. The minimum Gasteiger partial charge on any atom is -0.496 e. The predicted molar refractivity (Wildman–Crippen MR) is 106 cm³/mol. The summed E-state index contributed by atoms with van der Waals surface area (Å²) in [5, 5.41) is 7.05. The quantitative estimate of drug-likeness (QED) is 0.520. The van der Waals surface area contributed by atoms with Crippen molar-refractivity contribution in [1.29, 1.82) is 0 Å². The first-order chi connectivity index (χ1) is 13.1. The van der Waals surface area contributed by atoms with E-state index < -0.39 is 0 Å². The van der Waals surface area contributed by atoms with Crippen LogP contribution in [0.4, 0.5) is 9.52 Å². The third-order valence-electron chi connectivity index (χ3n) is 4.18. The molecule has 4 aromatic rings. The van der Waals surface area contributed by atoms with Gasteiger partial charge < -0.3 is 4.74 Å². The third-order valence-corrected chi connectivity index (χ3v) is 4.93. The number of rotatable bonds is 4. The molecule has 1 N–H and O–H groups in total. The van der Waals surface area contributed by atoms with Crippen LogP contribution in [0.3, 0.4) is 0 Å². The molecule has 4 nitrogen and oxygen atoms in total. The van der Waals surface area contributed by atoms with Crippen LogP contribution in [0.2, 0.25) is 0 Å². The number of anilines is 1. The second kappa shape index (κ2) is 7.17. The smallest absolute Gasteiger partial charge is 0.261 e. The van der Waals surface area contributed by atoms with Crippen LogP contribution in [0.5, 0.6) is 5.75 Å². The Morgan fingerprint density at radius 2 is 1.78 bits per heavy atom. The Morgan fingerprint density at radius 3 is 2.48 bits per heavy atom. The van der Waals surface area contributed by atoms with E-state index in [9.17, 15) is 9.18 Å². The number of carbonyl (C=O) groups excluding carboxylic acids is 1. The van der Waals surface area contributed by atoms with E-state index in [0.29, 0.717) is 22.1 Å². The van der Waals surface area contributed by atoms with Crippen molar-refractivity contribution >= 4 is 33.1 Å². The van der Waals surface area contributed by atoms with Gasteiger partial charge in [0.05, 0.1) is 18.4 Å². The number of hydrogen-bond donors (Lipinski definition) is 1. The summed E-state index contributed by atoms with van der Waals surface area (Å²) in [6.45, 7) is 0. The summed E-state index contributed by atoms with van der Waals surface area (Å²) in [4.78, 5) is 17.2. The normalized spacial score (nSPS) is 10.7. The number of methoxy groups -OCH3 is 1. The van der Waals surface area contributed by atoms with Gasteiger partial charge in [0.15, 0.2) is 5.13 Å². The number of nitrogens with zero attached hydrogens (tertiary/aromatic N) is 1. The van der Waals surface area contributed by atoms with Crippen LogP contribution in [0, 0.1) is 5.82 Å². The summed E-state index contributed by atoms with van der Waals surface area (Å²) in [6.07, 6.45) is 0. The molecule has 27 heavy (non-hydrogen) atoms. The highest BCUT2D eigenvalue weighted by atomic mass is 32.1. The van der Waals surface area contributed by atoms with Gasteiger partial charge >= 0.3 is 0 Å². The molecule has 1 aromatic heterocycles. The molecule has 0 saturated heterocycles. The van der Waals surface area contributed by atoms with Crippen LogP contribution in [-0.2, 0) is 0 Å². The van der Waals surface area contributed by atoms with Gasteiger partial charge in [-0.05, 0) is 47.2 Å². The van der Waals surface area contributed by atoms with Gasteiger partial charge in [0.2, 0.25) is 0 Å². The fraction of sp³-hybridized carbons (Fsp3) is 0.0476. The largest absolute Gasteiger partial charge is 0.496 e. The van der Waals surface area contributed by atoms with E-state index in [1.807, 2.05) is 35.7 Å². The second-order valence-corrected chi connectivity index (χ2v) is 6.76. The number of fused-ring (bicyclic) bond motifs is 1. The lowest BCUT2D eigenvalue weighted by Crippen LogP contribution is -2.13. The molecule has 0 aliphatic heterocycles. The molecular weight excluding hydrogens is 363 g/mol. The molecule has 3 aromatic carbocycles. The lowest BCUT2D eigenvalue weighted by molar-refractivity contribution is 0.102. The van der Waals surface area contributed by atoms with Gasteiger partial charge in [0, 0.05) is 10.9 Å². The molecule has 134 valence electrons. The van der Waals surface area contributed by atoms with Crippen LogP contribution in [0.1, 0.15) is 10.4 Å². The lowest BCUT2D eigenvalue weighted by atomic mass is 10.1. The number of aromatic nitrogens is 1. The summed E-state index contributed by atoms with van der Waals surface area (Å²) in [5.74, 6) is -0.0926. The first-order valence-corrected chi connectivity index (χ1v) is 9.11. The zero-order valence-corrected chi connectivity index (χ0v) is 15.2. The van der Waals surface area contributed by atoms with Gasteiger partial charge in [-0.3, -0.25) is 10.1 Å². The maximum absolute atomic E-state index is 13.1. The van der Waals surface area contributed by atoms with Gasteiger partial charge in [0.1, 0.15) is 11.6 Å². The Hall–Kier alpha value is -3.25. The molecule has 4 rings (SSSR count). The fourth-order valence-electron chi connectivity index (χ4n) is 2.81. The van der Waals surface area contributed by atoms with Crippen LogP contribution in [-0.4, -0.2) is 18.0 Å². The molecule has 0 aliphatic rings. The Bertz CT molecular complexity index is 1120. The van der Waals surface area contributed by atoms with Gasteiger partial charge in [-0.2, -0.15) is 0 Å². The molecule has 6 heteroatoms. The van der Waals surface area contributed by atoms with E-state index in [-0.39, 0.29) is 11.7 Å². The number of thiazole rings is 1. The average molecular weight is 378 g/mol. The van der Waals surface area contributed by atoms with Crippen LogP contribution in [0.15, 0.2) is 66.0 Å². The average Bonchev–Trinajstić information content (AvgIpc) is 3.15. The van der Waals surface area contributed by atoms with Gasteiger partial charge in [-0.1, -0.05) is 24.3 Å². The van der Waals surface area contributed by atoms with Crippen molar-refractivity contribution in [1.82, 2.24) is 4.98 Å². The number of nitrogens with one attached hydrogen (secondary N) is 1. The van der Waals surface area contributed by atoms with Crippen molar-refractivity contribution in [2.45, 2.75) is 0 Å². The van der Waals surface area contributed by atoms with Gasteiger partial charge in [0.25, 0.3) is 5.91 Å². The monoisotopic (exact) mass is 378 g/mol. The SMILES string of the molecule is COc1cc2ccccc2cc1C(=O)Nc1nc(-c2ccc(F)cc2)cs1. The summed E-state index contributed by atoms with van der Waals surface area (Å²) < 4.78 is 18.4. The molecule has 0 bridgehead atoms. The zero-order valence-electron chi connectivity index (χ0n) is 14.4. The van der Waals surface area contributed by atoms with Crippen molar-refractivity contribution in [2.75, 3.05) is 12.4 Å². The van der Waals surface area contributed by atoms with E-state index in [0.717, 1.165) is 16.3 Å². The number of ether oxygens (including phenoxy) is 1. The molecule has 0 saturated carbocycles. The van der Waals surface area contributed by atoms with Crippen LogP contribution >= 0.6 is 11.3 Å². The third kappa shape index (κ3) is 3.52. The van der Waals surface area contributed by atoms with Crippen molar-refractivity contribution in [3.63, 3.8) is 0 Å². The molecule has 0 fully saturated rings. The zero-order chi connectivity index (χ0) is 18.8. The van der Waals surface area contributed by atoms with E-state index in [1.165, 1.54) is 30.6 Å². The lowest BCUT2D eigenvalue weighted by Gasteiger charge is -2.10. The number of benzene rings is 3. The Labute approximate surface area is 159 Å². The van der Waals surface area contributed by atoms with Gasteiger partial charge in [-0.25, -0.2) is 9.37 Å². The van der Waals surface area contributed by atoms with E-state index >= 15 is 0 Å². The molecule has 0 atom stereocenters. The summed E-state index contributed by atoms with van der Waals surface area (Å²) in [7, 11) is 1.54. The number of carbonyl (C=O) groups is 1. The minimum atomic E-state index is -0.300. The maximum Gasteiger partial charge on any atom is 0.261 e. The Morgan fingerprint density at radius 1 is 1.07 bits per heavy atom. The summed E-state index contributed by atoms with van der Waals surface area (Å²) in [6, 6.07) is 17.5. The molecular formula is C21H15FN2O2S. The van der Waals surface area contributed by atoms with E-state index in [4.69, 9.17) is 4.74 Å². The molecule has 1 amide bonds. The van der Waals surface area contributed by atoms with Crippen molar-refractivity contribution in [3.05, 3.63) is 77.4 Å². The van der Waals surface area contributed by atoms with Crippen molar-refractivity contribution < 1.29 is 13.9 Å². The highest BCUT2D eigenvalue weighted by Gasteiger charge is 2.16. The van der Waals surface area contributed by atoms with E-state index in [1.54, 1.807) is 18.2 Å². The second-order valence-electron chi connectivity index (χ2n) is 5.90. The van der Waals surface area contributed by atoms with Crippen molar-refractivity contribution in [2.24, 2.45) is 0 Å². The van der Waals surface area contributed by atoms with Crippen LogP contribution < -0.4 is 10.1 Å². The topological polar surface area (TPSA) is 51.2 Å². The van der Waals surface area contributed by atoms with Crippen molar-refractivity contribution in [3.8, 4) is 17.0 Å². The summed E-state index contributed by atoms with van der Waals surface area (Å²) in [5.41, 5.74) is 1.91. The molecule has 0 spiro atoms. The maximum atomic E-state index is 13.1. The number of hydrogen-bond acceptors (Lipinski definition) is 4. The number of halogens is 1. The number of amides is 1.